The molecule has 162 valence electrons. The maximum absolute atomic E-state index is 5.94. The molecule has 0 spiro atoms. The number of aliphatic imine (C=N–C) groups is 1. The number of aromatic amines is 1. The lowest BCUT2D eigenvalue weighted by molar-refractivity contribution is 0.229. The standard InChI is InChI=1S/C22H29N5O2.HI/c1-4-23-22(24-13-12-21-26-19-10-5-6-11-20(19)27-21)25-15-16(2)29-18-9-7-8-17(14-18)28-3;/h5-11,14,16H,4,12-13,15H2,1-3H3,(H,26,27)(H2,23,24,25);1H. The first-order valence-electron chi connectivity index (χ1n) is 9.94. The molecule has 3 rings (SSSR count). The Morgan fingerprint density at radius 1 is 1.13 bits per heavy atom. The van der Waals surface area contributed by atoms with Crippen LogP contribution < -0.4 is 20.1 Å². The van der Waals surface area contributed by atoms with E-state index in [2.05, 4.69) is 25.6 Å². The highest BCUT2D eigenvalue weighted by atomic mass is 127. The molecule has 0 radical (unpaired) electrons. The molecule has 1 atom stereocenters. The molecule has 0 saturated carbocycles. The molecule has 0 aliphatic carbocycles. The van der Waals surface area contributed by atoms with Gasteiger partial charge in [-0.2, -0.15) is 0 Å². The molecule has 30 heavy (non-hydrogen) atoms. The molecule has 0 amide bonds. The van der Waals surface area contributed by atoms with Crippen molar-refractivity contribution in [1.29, 1.82) is 0 Å². The van der Waals surface area contributed by atoms with Crippen molar-refractivity contribution < 1.29 is 9.47 Å². The van der Waals surface area contributed by atoms with Crippen LogP contribution in [0.5, 0.6) is 11.5 Å². The number of para-hydroxylation sites is 2. The lowest BCUT2D eigenvalue weighted by Crippen LogP contribution is -2.39. The van der Waals surface area contributed by atoms with Crippen LogP contribution in [0, 0.1) is 0 Å². The Kier molecular flexibility index (Phi) is 9.72. The Bertz CT molecular complexity index is 911. The average Bonchev–Trinajstić information content (AvgIpc) is 3.15. The van der Waals surface area contributed by atoms with Gasteiger partial charge >= 0.3 is 0 Å². The number of H-pyrrole nitrogens is 1. The number of guanidine groups is 1. The Hall–Kier alpha value is -2.49. The van der Waals surface area contributed by atoms with E-state index in [-0.39, 0.29) is 30.1 Å². The normalized spacial score (nSPS) is 12.2. The fraction of sp³-hybridized carbons (Fsp3) is 0.364. The number of nitrogens with zero attached hydrogens (tertiary/aromatic N) is 2. The molecule has 3 N–H and O–H groups in total. The van der Waals surface area contributed by atoms with Gasteiger partial charge in [0.25, 0.3) is 0 Å². The molecular formula is C22H30IN5O2. The predicted octanol–water partition coefficient (Wildman–Crippen LogP) is 3.75. The predicted molar refractivity (Wildman–Crippen MR) is 132 cm³/mol. The SMILES string of the molecule is CCNC(=NCC(C)Oc1cccc(OC)c1)NCCc1nc2ccccc2[nH]1.I. The third kappa shape index (κ3) is 7.08. The first kappa shape index (κ1) is 23.8. The third-order valence-electron chi connectivity index (χ3n) is 4.32. The molecule has 1 aromatic heterocycles. The van der Waals surface area contributed by atoms with Crippen molar-refractivity contribution in [3.05, 3.63) is 54.4 Å². The summed E-state index contributed by atoms with van der Waals surface area (Å²) in [5.41, 5.74) is 2.05. The summed E-state index contributed by atoms with van der Waals surface area (Å²) in [6, 6.07) is 15.6. The van der Waals surface area contributed by atoms with Crippen LogP contribution in [0.3, 0.4) is 0 Å². The van der Waals surface area contributed by atoms with Gasteiger partial charge in [0, 0.05) is 25.6 Å². The van der Waals surface area contributed by atoms with Gasteiger partial charge in [-0.05, 0) is 38.1 Å². The van der Waals surface area contributed by atoms with Crippen molar-refractivity contribution in [3.8, 4) is 11.5 Å². The summed E-state index contributed by atoms with van der Waals surface area (Å²) in [5.74, 6) is 3.28. The second-order valence-electron chi connectivity index (χ2n) is 6.70. The van der Waals surface area contributed by atoms with E-state index in [1.807, 2.05) is 62.4 Å². The number of nitrogens with one attached hydrogen (secondary N) is 3. The number of hydrogen-bond donors (Lipinski definition) is 3. The smallest absolute Gasteiger partial charge is 0.191 e. The summed E-state index contributed by atoms with van der Waals surface area (Å²) in [6.07, 6.45) is 0.725. The van der Waals surface area contributed by atoms with Gasteiger partial charge in [-0.1, -0.05) is 18.2 Å². The summed E-state index contributed by atoms with van der Waals surface area (Å²) in [7, 11) is 1.65. The molecule has 0 saturated heterocycles. The van der Waals surface area contributed by atoms with Crippen LogP contribution in [0.1, 0.15) is 19.7 Å². The van der Waals surface area contributed by atoms with E-state index in [4.69, 9.17) is 9.47 Å². The van der Waals surface area contributed by atoms with Crippen LogP contribution in [0.4, 0.5) is 0 Å². The van der Waals surface area contributed by atoms with E-state index in [0.717, 1.165) is 53.8 Å². The molecule has 0 aliphatic rings. The number of hydrogen-bond acceptors (Lipinski definition) is 4. The number of halogens is 1. The van der Waals surface area contributed by atoms with Gasteiger partial charge in [0.2, 0.25) is 0 Å². The number of benzene rings is 2. The van der Waals surface area contributed by atoms with Gasteiger partial charge in [-0.15, -0.1) is 24.0 Å². The van der Waals surface area contributed by atoms with Gasteiger partial charge in [0.05, 0.1) is 24.7 Å². The summed E-state index contributed by atoms with van der Waals surface area (Å²) in [4.78, 5) is 12.6. The van der Waals surface area contributed by atoms with E-state index >= 15 is 0 Å². The minimum Gasteiger partial charge on any atom is -0.497 e. The highest BCUT2D eigenvalue weighted by Gasteiger charge is 2.06. The highest BCUT2D eigenvalue weighted by Crippen LogP contribution is 2.20. The highest BCUT2D eigenvalue weighted by molar-refractivity contribution is 14.0. The van der Waals surface area contributed by atoms with Crippen molar-refractivity contribution in [2.45, 2.75) is 26.4 Å². The molecule has 0 fully saturated rings. The van der Waals surface area contributed by atoms with Gasteiger partial charge < -0.3 is 25.1 Å². The zero-order valence-corrected chi connectivity index (χ0v) is 20.0. The fourth-order valence-corrected chi connectivity index (χ4v) is 2.93. The molecule has 7 nitrogen and oxygen atoms in total. The lowest BCUT2D eigenvalue weighted by Gasteiger charge is -2.15. The minimum absolute atomic E-state index is 0. The number of rotatable bonds is 9. The minimum atomic E-state index is -0.0621. The van der Waals surface area contributed by atoms with E-state index in [0.29, 0.717) is 6.54 Å². The van der Waals surface area contributed by atoms with E-state index < -0.39 is 0 Å². The molecule has 0 bridgehead atoms. The quantitative estimate of drug-likeness (QED) is 0.226. The number of aromatic nitrogens is 2. The van der Waals surface area contributed by atoms with Crippen LogP contribution in [0.25, 0.3) is 11.0 Å². The van der Waals surface area contributed by atoms with E-state index in [1.165, 1.54) is 0 Å². The van der Waals surface area contributed by atoms with Gasteiger partial charge in [0.15, 0.2) is 5.96 Å². The van der Waals surface area contributed by atoms with Crippen molar-refractivity contribution >= 4 is 41.0 Å². The molecule has 2 aromatic carbocycles. The second-order valence-corrected chi connectivity index (χ2v) is 6.70. The summed E-state index contributed by atoms with van der Waals surface area (Å²) in [5, 5.41) is 6.62. The topological polar surface area (TPSA) is 83.6 Å². The van der Waals surface area contributed by atoms with Gasteiger partial charge in [-0.3, -0.25) is 0 Å². The lowest BCUT2D eigenvalue weighted by atomic mass is 10.3. The van der Waals surface area contributed by atoms with Crippen molar-refractivity contribution in [2.24, 2.45) is 4.99 Å². The Morgan fingerprint density at radius 3 is 2.70 bits per heavy atom. The Balaban J connectivity index is 0.00000320. The van der Waals surface area contributed by atoms with Crippen LogP contribution in [0.15, 0.2) is 53.5 Å². The summed E-state index contributed by atoms with van der Waals surface area (Å²) in [6.45, 7) is 6.11. The maximum Gasteiger partial charge on any atom is 0.191 e. The van der Waals surface area contributed by atoms with Crippen LogP contribution in [-0.4, -0.2) is 48.8 Å². The molecule has 1 unspecified atom stereocenters. The maximum atomic E-state index is 5.94. The van der Waals surface area contributed by atoms with Crippen molar-refractivity contribution in [2.75, 3.05) is 26.7 Å². The second kappa shape index (κ2) is 12.3. The first-order chi connectivity index (χ1) is 14.2. The number of methoxy groups -OCH3 is 1. The van der Waals surface area contributed by atoms with Crippen LogP contribution >= 0.6 is 24.0 Å². The monoisotopic (exact) mass is 523 g/mol. The van der Waals surface area contributed by atoms with Gasteiger partial charge in [0.1, 0.15) is 23.4 Å². The first-order valence-corrected chi connectivity index (χ1v) is 9.94. The zero-order chi connectivity index (χ0) is 20.5. The molecule has 0 aliphatic heterocycles. The number of fused-ring (bicyclic) bond motifs is 1. The number of ether oxygens (including phenoxy) is 2. The van der Waals surface area contributed by atoms with Gasteiger partial charge in [-0.25, -0.2) is 9.98 Å². The largest absolute Gasteiger partial charge is 0.497 e. The molecule has 3 aromatic rings. The molecule has 1 heterocycles. The molecular weight excluding hydrogens is 493 g/mol. The fourth-order valence-electron chi connectivity index (χ4n) is 2.93. The van der Waals surface area contributed by atoms with Crippen molar-refractivity contribution in [1.82, 2.24) is 20.6 Å². The number of imidazole rings is 1. The van der Waals surface area contributed by atoms with Crippen LogP contribution in [0.2, 0.25) is 0 Å². The summed E-state index contributed by atoms with van der Waals surface area (Å²) < 4.78 is 11.2. The third-order valence-corrected chi connectivity index (χ3v) is 4.32. The molecule has 8 heteroatoms. The summed E-state index contributed by atoms with van der Waals surface area (Å²) >= 11 is 0. The average molecular weight is 523 g/mol. The van der Waals surface area contributed by atoms with E-state index in [1.54, 1.807) is 7.11 Å². The Morgan fingerprint density at radius 2 is 1.93 bits per heavy atom. The van der Waals surface area contributed by atoms with Crippen LogP contribution in [-0.2, 0) is 6.42 Å². The van der Waals surface area contributed by atoms with Crippen molar-refractivity contribution in [3.63, 3.8) is 0 Å². The zero-order valence-electron chi connectivity index (χ0n) is 17.6. The Labute approximate surface area is 194 Å². The van der Waals surface area contributed by atoms with E-state index in [9.17, 15) is 0 Å².